The quantitative estimate of drug-likeness (QED) is 0.633. The Kier molecular flexibility index (Phi) is 4.27. The molecule has 118 valence electrons. The molecular weight excluding hydrogens is 328 g/mol. The molecule has 2 aromatic rings. The zero-order chi connectivity index (χ0) is 16.4. The van der Waals surface area contributed by atoms with Crippen molar-refractivity contribution in [2.75, 3.05) is 0 Å². The number of benzene rings is 2. The second-order valence-corrected chi connectivity index (χ2v) is 5.54. The molecule has 2 rings (SSSR count). The van der Waals surface area contributed by atoms with Gasteiger partial charge in [0.05, 0.1) is 0 Å². The van der Waals surface area contributed by atoms with Crippen LogP contribution in [-0.2, 0) is 10.1 Å². The molecule has 0 bridgehead atoms. The van der Waals surface area contributed by atoms with Crippen molar-refractivity contribution >= 4 is 10.1 Å². The SMILES string of the molecule is O=S(=O)(Oc1ccccc1F)c1cccc(OC(F)(F)F)c1. The van der Waals surface area contributed by atoms with Crippen molar-refractivity contribution in [2.24, 2.45) is 0 Å². The monoisotopic (exact) mass is 336 g/mol. The molecule has 0 aliphatic carbocycles. The fraction of sp³-hybridized carbons (Fsp3) is 0.0769. The zero-order valence-corrected chi connectivity index (χ0v) is 11.5. The predicted molar refractivity (Wildman–Crippen MR) is 67.3 cm³/mol. The van der Waals surface area contributed by atoms with Crippen molar-refractivity contribution in [3.8, 4) is 11.5 Å². The average molecular weight is 336 g/mol. The highest BCUT2D eigenvalue weighted by Crippen LogP contribution is 2.27. The Morgan fingerprint density at radius 2 is 1.64 bits per heavy atom. The van der Waals surface area contributed by atoms with E-state index < -0.39 is 38.7 Å². The van der Waals surface area contributed by atoms with E-state index in [1.165, 1.54) is 12.1 Å². The summed E-state index contributed by atoms with van der Waals surface area (Å²) < 4.78 is 81.8. The third-order valence-electron chi connectivity index (χ3n) is 2.36. The van der Waals surface area contributed by atoms with Crippen LogP contribution >= 0.6 is 0 Å². The first-order chi connectivity index (χ1) is 10.2. The summed E-state index contributed by atoms with van der Waals surface area (Å²) in [7, 11) is -4.50. The van der Waals surface area contributed by atoms with Crippen LogP contribution in [0.2, 0.25) is 0 Å². The van der Waals surface area contributed by atoms with Gasteiger partial charge in [0.2, 0.25) is 0 Å². The van der Waals surface area contributed by atoms with E-state index in [1.54, 1.807) is 0 Å². The van der Waals surface area contributed by atoms with Crippen LogP contribution in [0.5, 0.6) is 11.5 Å². The first-order valence-electron chi connectivity index (χ1n) is 5.72. The summed E-state index contributed by atoms with van der Waals surface area (Å²) in [6.45, 7) is 0. The molecule has 0 aliphatic rings. The molecule has 0 unspecified atom stereocenters. The molecule has 0 aromatic heterocycles. The second-order valence-electron chi connectivity index (χ2n) is 3.99. The van der Waals surface area contributed by atoms with Crippen LogP contribution in [0, 0.1) is 5.82 Å². The van der Waals surface area contributed by atoms with E-state index in [0.29, 0.717) is 6.07 Å². The molecule has 9 heteroatoms. The van der Waals surface area contributed by atoms with E-state index in [9.17, 15) is 26.0 Å². The number of alkyl halides is 3. The Hall–Kier alpha value is -2.29. The van der Waals surface area contributed by atoms with Gasteiger partial charge in [0.15, 0.2) is 11.6 Å². The minimum Gasteiger partial charge on any atom is -0.406 e. The molecule has 0 N–H and O–H groups in total. The van der Waals surface area contributed by atoms with E-state index >= 15 is 0 Å². The highest BCUT2D eigenvalue weighted by molar-refractivity contribution is 7.87. The minimum absolute atomic E-state index is 0.565. The normalized spacial score (nSPS) is 12.0. The van der Waals surface area contributed by atoms with Gasteiger partial charge in [-0.25, -0.2) is 4.39 Å². The number of hydrogen-bond acceptors (Lipinski definition) is 4. The molecule has 22 heavy (non-hydrogen) atoms. The Morgan fingerprint density at radius 3 is 2.27 bits per heavy atom. The Morgan fingerprint density at radius 1 is 0.955 bits per heavy atom. The predicted octanol–water partition coefficient (Wildman–Crippen LogP) is 3.49. The van der Waals surface area contributed by atoms with Gasteiger partial charge >= 0.3 is 16.5 Å². The average Bonchev–Trinajstić information content (AvgIpc) is 2.40. The van der Waals surface area contributed by atoms with E-state index in [2.05, 4.69) is 8.92 Å². The molecular formula is C13H8F4O4S. The smallest absolute Gasteiger partial charge is 0.406 e. The molecule has 0 saturated heterocycles. The molecule has 0 saturated carbocycles. The molecule has 0 fully saturated rings. The van der Waals surface area contributed by atoms with Crippen LogP contribution in [0.25, 0.3) is 0 Å². The first kappa shape index (κ1) is 16.1. The maximum atomic E-state index is 13.4. The summed E-state index contributed by atoms with van der Waals surface area (Å²) >= 11 is 0. The molecule has 0 heterocycles. The van der Waals surface area contributed by atoms with E-state index in [4.69, 9.17) is 0 Å². The summed E-state index contributed by atoms with van der Waals surface area (Å²) in [5.41, 5.74) is 0. The Labute approximate surface area is 123 Å². The van der Waals surface area contributed by atoms with Gasteiger partial charge in [-0.2, -0.15) is 8.42 Å². The topological polar surface area (TPSA) is 52.6 Å². The lowest BCUT2D eigenvalue weighted by atomic mass is 10.3. The van der Waals surface area contributed by atoms with Gasteiger partial charge in [-0.1, -0.05) is 18.2 Å². The third kappa shape index (κ3) is 4.10. The van der Waals surface area contributed by atoms with Crippen LogP contribution in [-0.4, -0.2) is 14.8 Å². The van der Waals surface area contributed by atoms with Gasteiger partial charge in [-0.15, -0.1) is 13.2 Å². The van der Waals surface area contributed by atoms with Crippen molar-refractivity contribution in [1.29, 1.82) is 0 Å². The second kappa shape index (κ2) is 5.84. The fourth-order valence-electron chi connectivity index (χ4n) is 1.51. The largest absolute Gasteiger partial charge is 0.573 e. The number of halogens is 4. The molecule has 4 nitrogen and oxygen atoms in total. The third-order valence-corrected chi connectivity index (χ3v) is 3.59. The molecule has 0 atom stereocenters. The van der Waals surface area contributed by atoms with Crippen LogP contribution in [0.1, 0.15) is 0 Å². The van der Waals surface area contributed by atoms with Crippen molar-refractivity contribution in [2.45, 2.75) is 11.3 Å². The highest BCUT2D eigenvalue weighted by Gasteiger charge is 2.31. The number of para-hydroxylation sites is 1. The van der Waals surface area contributed by atoms with Crippen molar-refractivity contribution < 1.29 is 34.9 Å². The van der Waals surface area contributed by atoms with Gasteiger partial charge in [0, 0.05) is 6.07 Å². The summed E-state index contributed by atoms with van der Waals surface area (Å²) in [5.74, 6) is -2.22. The standard InChI is InChI=1S/C13H8F4O4S/c14-11-6-1-2-7-12(11)21-22(18,19)10-5-3-4-9(8-10)20-13(15,16)17/h1-8H. The summed E-state index contributed by atoms with van der Waals surface area (Å²) in [5, 5.41) is 0. The van der Waals surface area contributed by atoms with Crippen molar-refractivity contribution in [3.05, 3.63) is 54.3 Å². The number of ether oxygens (including phenoxy) is 1. The van der Waals surface area contributed by atoms with E-state index in [-0.39, 0.29) is 0 Å². The van der Waals surface area contributed by atoms with Gasteiger partial charge in [-0.3, -0.25) is 0 Å². The van der Waals surface area contributed by atoms with Crippen molar-refractivity contribution in [1.82, 2.24) is 0 Å². The molecule has 0 spiro atoms. The van der Waals surface area contributed by atoms with Gasteiger partial charge < -0.3 is 8.92 Å². The highest BCUT2D eigenvalue weighted by atomic mass is 32.2. The van der Waals surface area contributed by atoms with Gasteiger partial charge in [-0.05, 0) is 24.3 Å². The number of rotatable bonds is 4. The lowest BCUT2D eigenvalue weighted by Crippen LogP contribution is -2.17. The molecule has 0 aliphatic heterocycles. The molecule has 0 amide bonds. The Bertz CT molecular complexity index is 772. The summed E-state index contributed by atoms with van der Waals surface area (Å²) in [6.07, 6.45) is -4.96. The van der Waals surface area contributed by atoms with Crippen molar-refractivity contribution in [3.63, 3.8) is 0 Å². The van der Waals surface area contributed by atoms with Crippen LogP contribution in [0.15, 0.2) is 53.4 Å². The minimum atomic E-state index is -4.96. The molecule has 2 aromatic carbocycles. The van der Waals surface area contributed by atoms with Crippen LogP contribution in [0.3, 0.4) is 0 Å². The van der Waals surface area contributed by atoms with Crippen LogP contribution < -0.4 is 8.92 Å². The molecule has 0 radical (unpaired) electrons. The maximum Gasteiger partial charge on any atom is 0.573 e. The van der Waals surface area contributed by atoms with Gasteiger partial charge in [0.25, 0.3) is 0 Å². The lowest BCUT2D eigenvalue weighted by Gasteiger charge is -2.11. The summed E-state index contributed by atoms with van der Waals surface area (Å²) in [6, 6.07) is 8.32. The van der Waals surface area contributed by atoms with E-state index in [0.717, 1.165) is 30.3 Å². The first-order valence-corrected chi connectivity index (χ1v) is 7.13. The van der Waals surface area contributed by atoms with Gasteiger partial charge in [0.1, 0.15) is 10.6 Å². The maximum absolute atomic E-state index is 13.4. The van der Waals surface area contributed by atoms with E-state index in [1.807, 2.05) is 0 Å². The Balaban J connectivity index is 2.30. The lowest BCUT2D eigenvalue weighted by molar-refractivity contribution is -0.274. The summed E-state index contributed by atoms with van der Waals surface area (Å²) in [4.78, 5) is -0.600. The fourth-order valence-corrected chi connectivity index (χ4v) is 2.48. The van der Waals surface area contributed by atoms with Crippen LogP contribution in [0.4, 0.5) is 17.6 Å². The zero-order valence-electron chi connectivity index (χ0n) is 10.7. The number of hydrogen-bond donors (Lipinski definition) is 0.